The summed E-state index contributed by atoms with van der Waals surface area (Å²) >= 11 is 3.60. The quantitative estimate of drug-likeness (QED) is 0.610. The van der Waals surface area contributed by atoms with Gasteiger partial charge in [0.1, 0.15) is 5.75 Å². The molecule has 2 nitrogen and oxygen atoms in total. The molecular formula is C11H15BrO2. The Balaban J connectivity index is 2.69. The van der Waals surface area contributed by atoms with Crippen LogP contribution in [0.15, 0.2) is 24.3 Å². The average Bonchev–Trinajstić information content (AvgIpc) is 2.14. The first-order valence-electron chi connectivity index (χ1n) is 4.45. The Morgan fingerprint density at radius 2 is 1.79 bits per heavy atom. The van der Waals surface area contributed by atoms with Gasteiger partial charge in [-0.05, 0) is 31.5 Å². The van der Waals surface area contributed by atoms with Crippen molar-refractivity contribution in [3.05, 3.63) is 29.8 Å². The minimum Gasteiger partial charge on any atom is -0.468 e. The molecule has 0 spiro atoms. The summed E-state index contributed by atoms with van der Waals surface area (Å²) in [6.07, 6.45) is 0. The van der Waals surface area contributed by atoms with Gasteiger partial charge in [-0.1, -0.05) is 28.1 Å². The third kappa shape index (κ3) is 3.31. The van der Waals surface area contributed by atoms with Crippen LogP contribution in [0.25, 0.3) is 0 Å². The van der Waals surface area contributed by atoms with Gasteiger partial charge in [-0.15, -0.1) is 0 Å². The number of benzene rings is 1. The van der Waals surface area contributed by atoms with Gasteiger partial charge in [-0.2, -0.15) is 0 Å². The summed E-state index contributed by atoms with van der Waals surface area (Å²) in [4.78, 5) is 0. The molecule has 0 amide bonds. The summed E-state index contributed by atoms with van der Waals surface area (Å²) in [5.74, 6) is 0.826. The molecule has 0 aromatic heterocycles. The van der Waals surface area contributed by atoms with Gasteiger partial charge in [0, 0.05) is 11.4 Å². The first kappa shape index (κ1) is 11.5. The van der Waals surface area contributed by atoms with E-state index in [1.54, 1.807) is 7.11 Å². The van der Waals surface area contributed by atoms with Crippen LogP contribution in [-0.4, -0.2) is 13.9 Å². The molecule has 0 atom stereocenters. The van der Waals surface area contributed by atoms with E-state index in [1.807, 2.05) is 24.3 Å². The van der Waals surface area contributed by atoms with Gasteiger partial charge in [-0.3, -0.25) is 0 Å². The molecule has 78 valence electrons. The van der Waals surface area contributed by atoms with Crippen molar-refractivity contribution in [1.82, 2.24) is 0 Å². The smallest absolute Gasteiger partial charge is 0.188 e. The number of ether oxygens (including phenoxy) is 2. The molecule has 0 saturated carbocycles. The molecule has 0 aliphatic heterocycles. The number of rotatable bonds is 4. The van der Waals surface area contributed by atoms with Gasteiger partial charge in [-0.25, -0.2) is 0 Å². The number of hydrogen-bond donors (Lipinski definition) is 0. The molecule has 0 aliphatic rings. The van der Waals surface area contributed by atoms with E-state index in [2.05, 4.69) is 29.8 Å². The minimum atomic E-state index is 0.00673. The van der Waals surface area contributed by atoms with Crippen LogP contribution < -0.4 is 4.74 Å². The van der Waals surface area contributed by atoms with Crippen LogP contribution in [0.1, 0.15) is 19.4 Å². The summed E-state index contributed by atoms with van der Waals surface area (Å²) in [6.45, 7) is 4.51. The highest BCUT2D eigenvalue weighted by molar-refractivity contribution is 9.09. The van der Waals surface area contributed by atoms with Crippen LogP contribution >= 0.6 is 15.9 Å². The zero-order valence-corrected chi connectivity index (χ0v) is 10.3. The lowest BCUT2D eigenvalue weighted by atomic mass is 10.0. The zero-order valence-electron chi connectivity index (χ0n) is 8.71. The van der Waals surface area contributed by atoms with Gasteiger partial charge >= 0.3 is 0 Å². The van der Waals surface area contributed by atoms with Crippen LogP contribution in [0, 0.1) is 0 Å². The Morgan fingerprint density at radius 1 is 1.21 bits per heavy atom. The normalized spacial score (nSPS) is 11.4. The second-order valence-corrected chi connectivity index (χ2v) is 5.53. The first-order valence-corrected chi connectivity index (χ1v) is 5.24. The molecule has 14 heavy (non-hydrogen) atoms. The Morgan fingerprint density at radius 3 is 2.21 bits per heavy atom. The fourth-order valence-electron chi connectivity index (χ4n) is 1.07. The lowest BCUT2D eigenvalue weighted by Crippen LogP contribution is -2.06. The average molecular weight is 259 g/mol. The third-order valence-electron chi connectivity index (χ3n) is 1.88. The molecule has 0 fully saturated rings. The van der Waals surface area contributed by atoms with E-state index in [4.69, 9.17) is 9.47 Å². The second-order valence-electron chi connectivity index (χ2n) is 3.55. The van der Waals surface area contributed by atoms with Gasteiger partial charge in [0.2, 0.25) is 0 Å². The Hall–Kier alpha value is -0.540. The monoisotopic (exact) mass is 258 g/mol. The predicted octanol–water partition coefficient (Wildman–Crippen LogP) is 3.30. The van der Waals surface area contributed by atoms with E-state index in [0.29, 0.717) is 0 Å². The number of hydrogen-bond acceptors (Lipinski definition) is 2. The van der Waals surface area contributed by atoms with Crippen molar-refractivity contribution in [3.8, 4) is 5.75 Å². The minimum absolute atomic E-state index is 0.00673. The van der Waals surface area contributed by atoms with Crippen molar-refractivity contribution in [2.24, 2.45) is 0 Å². The fraction of sp³-hybridized carbons (Fsp3) is 0.455. The van der Waals surface area contributed by atoms with Crippen LogP contribution in [-0.2, 0) is 9.06 Å². The van der Waals surface area contributed by atoms with Crippen molar-refractivity contribution in [2.45, 2.75) is 18.2 Å². The van der Waals surface area contributed by atoms with E-state index >= 15 is 0 Å². The maximum Gasteiger partial charge on any atom is 0.188 e. The topological polar surface area (TPSA) is 18.5 Å². The van der Waals surface area contributed by atoms with Gasteiger partial charge < -0.3 is 9.47 Å². The summed E-state index contributed by atoms with van der Waals surface area (Å²) < 4.78 is 10.1. The van der Waals surface area contributed by atoms with Gasteiger partial charge in [0.25, 0.3) is 0 Å². The van der Waals surface area contributed by atoms with Crippen LogP contribution in [0.2, 0.25) is 0 Å². The lowest BCUT2D eigenvalue weighted by Gasteiger charge is -2.16. The summed E-state index contributed by atoms with van der Waals surface area (Å²) in [7, 11) is 1.61. The van der Waals surface area contributed by atoms with E-state index in [1.165, 1.54) is 5.56 Å². The Kier molecular flexibility index (Phi) is 3.96. The van der Waals surface area contributed by atoms with E-state index in [9.17, 15) is 0 Å². The SMILES string of the molecule is COCOc1ccc(C(C)(C)Br)cc1. The van der Waals surface area contributed by atoms with Gasteiger partial charge in [0.15, 0.2) is 6.79 Å². The number of methoxy groups -OCH3 is 1. The Bertz CT molecular complexity index is 274. The molecule has 0 heterocycles. The van der Waals surface area contributed by atoms with Crippen molar-refractivity contribution < 1.29 is 9.47 Å². The predicted molar refractivity (Wildman–Crippen MR) is 60.9 cm³/mol. The molecule has 0 saturated heterocycles. The summed E-state index contributed by atoms with van der Waals surface area (Å²) in [6, 6.07) is 7.97. The molecule has 1 aromatic carbocycles. The molecule has 0 radical (unpaired) electrons. The lowest BCUT2D eigenvalue weighted by molar-refractivity contribution is 0.0511. The summed E-state index contributed by atoms with van der Waals surface area (Å²) in [5.41, 5.74) is 1.22. The highest BCUT2D eigenvalue weighted by Crippen LogP contribution is 2.30. The van der Waals surface area contributed by atoms with Crippen molar-refractivity contribution in [3.63, 3.8) is 0 Å². The van der Waals surface area contributed by atoms with Crippen LogP contribution in [0.3, 0.4) is 0 Å². The molecule has 3 heteroatoms. The maximum absolute atomic E-state index is 5.29. The highest BCUT2D eigenvalue weighted by atomic mass is 79.9. The van der Waals surface area contributed by atoms with Crippen LogP contribution in [0.5, 0.6) is 5.75 Å². The van der Waals surface area contributed by atoms with E-state index < -0.39 is 0 Å². The molecule has 0 aliphatic carbocycles. The van der Waals surface area contributed by atoms with Crippen molar-refractivity contribution >= 4 is 15.9 Å². The molecule has 0 bridgehead atoms. The molecule has 0 unspecified atom stereocenters. The zero-order chi connectivity index (χ0) is 10.6. The van der Waals surface area contributed by atoms with Crippen molar-refractivity contribution in [1.29, 1.82) is 0 Å². The molecule has 1 aromatic rings. The van der Waals surface area contributed by atoms with Crippen LogP contribution in [0.4, 0.5) is 0 Å². The molecular weight excluding hydrogens is 244 g/mol. The molecule has 1 rings (SSSR count). The first-order chi connectivity index (χ1) is 6.54. The number of halogens is 1. The maximum atomic E-state index is 5.29. The molecule has 0 N–H and O–H groups in total. The van der Waals surface area contributed by atoms with E-state index in [0.717, 1.165) is 5.75 Å². The largest absolute Gasteiger partial charge is 0.468 e. The third-order valence-corrected chi connectivity index (χ3v) is 2.34. The Labute approximate surface area is 93.4 Å². The van der Waals surface area contributed by atoms with E-state index in [-0.39, 0.29) is 11.1 Å². The standard InChI is InChI=1S/C11H15BrO2/c1-11(2,12)9-4-6-10(7-5-9)14-8-13-3/h4-7H,8H2,1-3H3. The van der Waals surface area contributed by atoms with Gasteiger partial charge in [0.05, 0.1) is 0 Å². The summed E-state index contributed by atoms with van der Waals surface area (Å²) in [5, 5.41) is 0. The fourth-order valence-corrected chi connectivity index (χ4v) is 1.34. The van der Waals surface area contributed by atoms with Crippen molar-refractivity contribution in [2.75, 3.05) is 13.9 Å². The second kappa shape index (κ2) is 4.80. The number of alkyl halides is 1. The highest BCUT2D eigenvalue weighted by Gasteiger charge is 2.15.